The van der Waals surface area contributed by atoms with Crippen molar-refractivity contribution in [3.05, 3.63) is 0 Å². The first-order chi connectivity index (χ1) is 7.09. The van der Waals surface area contributed by atoms with E-state index >= 15 is 0 Å². The summed E-state index contributed by atoms with van der Waals surface area (Å²) in [6.45, 7) is 5.25. The number of aliphatic hydroxyl groups excluding tert-OH is 1. The molecule has 90 valence electrons. The first kappa shape index (κ1) is 14.3. The number of carboxylic acids is 1. The molecule has 0 rings (SSSR count). The van der Waals surface area contributed by atoms with Crippen molar-refractivity contribution < 1.29 is 19.7 Å². The molecule has 0 saturated heterocycles. The normalized spacial score (nSPS) is 14.9. The largest absolute Gasteiger partial charge is 0.481 e. The number of aliphatic carboxylic acids is 1. The van der Waals surface area contributed by atoms with Crippen LogP contribution in [-0.4, -0.2) is 48.6 Å². The van der Waals surface area contributed by atoms with Gasteiger partial charge >= 0.3 is 5.97 Å². The molecule has 5 heteroatoms. The van der Waals surface area contributed by atoms with Crippen LogP contribution in [0.15, 0.2) is 0 Å². The Hall–Kier alpha value is -0.650. The number of rotatable bonds is 9. The molecule has 0 aromatic heterocycles. The fourth-order valence-corrected chi connectivity index (χ4v) is 1.06. The summed E-state index contributed by atoms with van der Waals surface area (Å²) in [7, 11) is 0. The molecule has 0 amide bonds. The molecule has 0 saturated carbocycles. The van der Waals surface area contributed by atoms with Gasteiger partial charge in [0, 0.05) is 12.6 Å². The zero-order valence-corrected chi connectivity index (χ0v) is 9.40. The average molecular weight is 219 g/mol. The molecule has 0 spiro atoms. The first-order valence-corrected chi connectivity index (χ1v) is 5.24. The van der Waals surface area contributed by atoms with Crippen LogP contribution in [0, 0.1) is 5.92 Å². The first-order valence-electron chi connectivity index (χ1n) is 5.24. The predicted molar refractivity (Wildman–Crippen MR) is 56.8 cm³/mol. The van der Waals surface area contributed by atoms with Crippen LogP contribution >= 0.6 is 0 Å². The van der Waals surface area contributed by atoms with E-state index in [0.29, 0.717) is 13.2 Å². The third-order valence-corrected chi connectivity index (χ3v) is 2.31. The van der Waals surface area contributed by atoms with E-state index in [9.17, 15) is 4.79 Å². The predicted octanol–water partition coefficient (Wildman–Crippen LogP) is 0.0842. The van der Waals surface area contributed by atoms with E-state index in [1.54, 1.807) is 6.92 Å². The van der Waals surface area contributed by atoms with E-state index in [1.165, 1.54) is 0 Å². The number of ether oxygens (including phenoxy) is 1. The van der Waals surface area contributed by atoms with E-state index in [0.717, 1.165) is 13.0 Å². The Kier molecular flexibility index (Phi) is 8.27. The highest BCUT2D eigenvalue weighted by atomic mass is 16.5. The molecule has 5 nitrogen and oxygen atoms in total. The second-order valence-corrected chi connectivity index (χ2v) is 3.56. The average Bonchev–Trinajstić information content (AvgIpc) is 2.21. The lowest BCUT2D eigenvalue weighted by molar-refractivity contribution is -0.141. The van der Waals surface area contributed by atoms with Crippen LogP contribution in [0.4, 0.5) is 0 Å². The van der Waals surface area contributed by atoms with Crippen molar-refractivity contribution >= 4 is 5.97 Å². The summed E-state index contributed by atoms with van der Waals surface area (Å²) in [5, 5.41) is 20.3. The Morgan fingerprint density at radius 2 is 2.07 bits per heavy atom. The number of hydrogen-bond donors (Lipinski definition) is 3. The maximum Gasteiger partial charge on any atom is 0.307 e. The van der Waals surface area contributed by atoms with Gasteiger partial charge in [-0.25, -0.2) is 0 Å². The minimum atomic E-state index is -0.786. The van der Waals surface area contributed by atoms with Crippen LogP contribution in [0.1, 0.15) is 20.3 Å². The van der Waals surface area contributed by atoms with Gasteiger partial charge in [0.15, 0.2) is 0 Å². The van der Waals surface area contributed by atoms with E-state index in [1.807, 2.05) is 6.92 Å². The molecule has 0 aliphatic rings. The molecule has 0 heterocycles. The molecular formula is C10H21NO4. The van der Waals surface area contributed by atoms with Gasteiger partial charge in [0.1, 0.15) is 0 Å². The molecule has 2 atom stereocenters. The van der Waals surface area contributed by atoms with E-state index in [-0.39, 0.29) is 18.6 Å². The van der Waals surface area contributed by atoms with Gasteiger partial charge in [-0.05, 0) is 19.9 Å². The lowest BCUT2D eigenvalue weighted by Gasteiger charge is -2.17. The van der Waals surface area contributed by atoms with Crippen molar-refractivity contribution in [2.45, 2.75) is 26.3 Å². The lowest BCUT2D eigenvalue weighted by Crippen LogP contribution is -2.37. The molecule has 0 bridgehead atoms. The van der Waals surface area contributed by atoms with Crippen LogP contribution in [0.3, 0.4) is 0 Å². The fraction of sp³-hybridized carbons (Fsp3) is 0.900. The van der Waals surface area contributed by atoms with Crippen molar-refractivity contribution in [2.75, 3.05) is 26.4 Å². The van der Waals surface area contributed by atoms with Gasteiger partial charge in [-0.3, -0.25) is 4.79 Å². The lowest BCUT2D eigenvalue weighted by atomic mass is 10.0. The third-order valence-electron chi connectivity index (χ3n) is 2.31. The monoisotopic (exact) mass is 219 g/mol. The minimum Gasteiger partial charge on any atom is -0.481 e. The number of aliphatic hydroxyl groups is 1. The van der Waals surface area contributed by atoms with Gasteiger partial charge in [-0.2, -0.15) is 0 Å². The zero-order valence-electron chi connectivity index (χ0n) is 9.40. The Labute approximate surface area is 90.4 Å². The smallest absolute Gasteiger partial charge is 0.307 e. The van der Waals surface area contributed by atoms with Gasteiger partial charge in [-0.1, -0.05) is 6.92 Å². The summed E-state index contributed by atoms with van der Waals surface area (Å²) >= 11 is 0. The van der Waals surface area contributed by atoms with Crippen LogP contribution in [0.2, 0.25) is 0 Å². The van der Waals surface area contributed by atoms with E-state index < -0.39 is 5.97 Å². The highest BCUT2D eigenvalue weighted by Gasteiger charge is 2.17. The molecule has 2 unspecified atom stereocenters. The number of hydrogen-bond acceptors (Lipinski definition) is 4. The van der Waals surface area contributed by atoms with Gasteiger partial charge in [-0.15, -0.1) is 0 Å². The quantitative estimate of drug-likeness (QED) is 0.479. The topological polar surface area (TPSA) is 78.8 Å². The van der Waals surface area contributed by atoms with Crippen molar-refractivity contribution in [3.63, 3.8) is 0 Å². The summed E-state index contributed by atoms with van der Waals surface area (Å²) in [6.07, 6.45) is 0.816. The molecule has 3 N–H and O–H groups in total. The summed E-state index contributed by atoms with van der Waals surface area (Å²) in [5.41, 5.74) is 0. The van der Waals surface area contributed by atoms with Crippen molar-refractivity contribution in [2.24, 2.45) is 5.92 Å². The molecule has 0 radical (unpaired) electrons. The molecule has 0 aliphatic heterocycles. The molecular weight excluding hydrogens is 198 g/mol. The fourth-order valence-electron chi connectivity index (χ4n) is 1.06. The van der Waals surface area contributed by atoms with Crippen molar-refractivity contribution in [3.8, 4) is 0 Å². The van der Waals surface area contributed by atoms with Crippen LogP contribution < -0.4 is 5.32 Å². The van der Waals surface area contributed by atoms with Gasteiger partial charge in [0.25, 0.3) is 0 Å². The minimum absolute atomic E-state index is 0.0414. The van der Waals surface area contributed by atoms with Gasteiger partial charge in [0.05, 0.1) is 19.1 Å². The molecule has 0 aromatic carbocycles. The molecule has 0 aromatic rings. The van der Waals surface area contributed by atoms with Crippen molar-refractivity contribution in [1.29, 1.82) is 0 Å². The Morgan fingerprint density at radius 3 is 2.60 bits per heavy atom. The van der Waals surface area contributed by atoms with E-state index in [4.69, 9.17) is 14.9 Å². The summed E-state index contributed by atoms with van der Waals surface area (Å²) < 4.78 is 5.07. The van der Waals surface area contributed by atoms with Crippen LogP contribution in [-0.2, 0) is 9.53 Å². The second-order valence-electron chi connectivity index (χ2n) is 3.56. The Morgan fingerprint density at radius 1 is 1.40 bits per heavy atom. The third kappa shape index (κ3) is 7.30. The molecule has 0 aliphatic carbocycles. The maximum absolute atomic E-state index is 10.6. The number of nitrogens with one attached hydrogen (secondary N) is 1. The summed E-state index contributed by atoms with van der Waals surface area (Å²) in [6, 6.07) is -0.0414. The number of carbonyl (C=O) groups is 1. The number of carboxylic acid groups (broad SMARTS) is 1. The maximum atomic E-state index is 10.6. The van der Waals surface area contributed by atoms with Crippen molar-refractivity contribution in [1.82, 2.24) is 5.32 Å². The van der Waals surface area contributed by atoms with E-state index in [2.05, 4.69) is 5.32 Å². The summed E-state index contributed by atoms with van der Waals surface area (Å²) in [4.78, 5) is 10.6. The second kappa shape index (κ2) is 8.64. The SMILES string of the molecule is CC(NCCCOCCO)C(C)C(=O)O. The highest BCUT2D eigenvalue weighted by molar-refractivity contribution is 5.70. The highest BCUT2D eigenvalue weighted by Crippen LogP contribution is 2.01. The van der Waals surface area contributed by atoms with Gasteiger partial charge in [0.2, 0.25) is 0 Å². The zero-order chi connectivity index (χ0) is 11.7. The Bertz CT molecular complexity index is 175. The molecule has 15 heavy (non-hydrogen) atoms. The van der Waals surface area contributed by atoms with Crippen LogP contribution in [0.25, 0.3) is 0 Å². The standard InChI is InChI=1S/C10H21NO4/c1-8(10(13)14)9(2)11-4-3-6-15-7-5-12/h8-9,11-12H,3-7H2,1-2H3,(H,13,14). The Balaban J connectivity index is 3.38. The van der Waals surface area contributed by atoms with Crippen LogP contribution in [0.5, 0.6) is 0 Å². The molecule has 0 fully saturated rings. The summed E-state index contributed by atoms with van der Waals surface area (Å²) in [5.74, 6) is -1.17. The van der Waals surface area contributed by atoms with Gasteiger partial charge < -0.3 is 20.3 Å².